The Labute approximate surface area is 282 Å². The van der Waals surface area contributed by atoms with Crippen LogP contribution in [0.15, 0.2) is 48.7 Å². The lowest BCUT2D eigenvalue weighted by Gasteiger charge is -2.32. The van der Waals surface area contributed by atoms with Crippen molar-refractivity contribution in [2.24, 2.45) is 5.41 Å². The quantitative estimate of drug-likeness (QED) is 0.176. The Morgan fingerprint density at radius 2 is 1.79 bits per heavy atom. The fourth-order valence-corrected chi connectivity index (χ4v) is 6.65. The van der Waals surface area contributed by atoms with Crippen LogP contribution >= 0.6 is 11.6 Å². The molecule has 1 saturated heterocycles. The number of ether oxygens (including phenoxy) is 2. The van der Waals surface area contributed by atoms with Crippen LogP contribution in [0.3, 0.4) is 0 Å². The highest BCUT2D eigenvalue weighted by molar-refractivity contribution is 7.92. The van der Waals surface area contributed by atoms with Gasteiger partial charge in [0, 0.05) is 49.6 Å². The molecule has 0 unspecified atom stereocenters. The molecular formula is C33H43ClN8O4S. The number of sulfonamides is 1. The molecular weight excluding hydrogens is 640 g/mol. The second-order valence-corrected chi connectivity index (χ2v) is 14.6. The van der Waals surface area contributed by atoms with Crippen molar-refractivity contribution in [3.63, 3.8) is 0 Å². The van der Waals surface area contributed by atoms with Crippen LogP contribution in [-0.4, -0.2) is 74.1 Å². The predicted molar refractivity (Wildman–Crippen MR) is 184 cm³/mol. The molecule has 12 nitrogen and oxygen atoms in total. The van der Waals surface area contributed by atoms with Crippen molar-refractivity contribution in [2.75, 3.05) is 48.0 Å². The molecule has 3 aromatic heterocycles. The number of hydrogen-bond acceptors (Lipinski definition) is 11. The zero-order chi connectivity index (χ0) is 33.3. The van der Waals surface area contributed by atoms with E-state index in [4.69, 9.17) is 26.1 Å². The van der Waals surface area contributed by atoms with E-state index in [0.717, 1.165) is 49.0 Å². The van der Waals surface area contributed by atoms with E-state index >= 15 is 0 Å². The average Bonchev–Trinajstić information content (AvgIpc) is 3.05. The molecule has 0 bridgehead atoms. The maximum atomic E-state index is 11.5. The molecule has 2 aliphatic rings. The number of nitrogens with zero attached hydrogens (tertiary/aromatic N) is 4. The molecule has 14 heteroatoms. The van der Waals surface area contributed by atoms with E-state index in [0.29, 0.717) is 74.4 Å². The minimum absolute atomic E-state index is 0.155. The minimum atomic E-state index is -3.38. The summed E-state index contributed by atoms with van der Waals surface area (Å²) in [6.45, 7) is 4.63. The first-order chi connectivity index (χ1) is 22.6. The van der Waals surface area contributed by atoms with Gasteiger partial charge in [0.2, 0.25) is 10.0 Å². The summed E-state index contributed by atoms with van der Waals surface area (Å²) in [6.07, 6.45) is 8.21. The topological polar surface area (TPSA) is 163 Å². The Kier molecular flexibility index (Phi) is 11.9. The van der Waals surface area contributed by atoms with Crippen LogP contribution in [-0.2, 0) is 26.1 Å². The summed E-state index contributed by atoms with van der Waals surface area (Å²) in [5, 5.41) is 20.9. The van der Waals surface area contributed by atoms with E-state index in [-0.39, 0.29) is 11.9 Å². The van der Waals surface area contributed by atoms with Crippen molar-refractivity contribution in [1.82, 2.24) is 20.3 Å². The van der Waals surface area contributed by atoms with E-state index in [1.165, 1.54) is 0 Å². The van der Waals surface area contributed by atoms with Crippen molar-refractivity contribution < 1.29 is 17.9 Å². The first-order valence-electron chi connectivity index (χ1n) is 16.0. The number of nitriles is 1. The van der Waals surface area contributed by atoms with Crippen LogP contribution in [0.25, 0.3) is 11.3 Å². The summed E-state index contributed by atoms with van der Waals surface area (Å²) in [5.41, 5.74) is 1.75. The Morgan fingerprint density at radius 1 is 1.06 bits per heavy atom. The first kappa shape index (κ1) is 34.8. The number of pyridine rings is 3. The van der Waals surface area contributed by atoms with Gasteiger partial charge in [-0.3, -0.25) is 4.72 Å². The molecule has 1 saturated carbocycles. The molecule has 1 aliphatic heterocycles. The van der Waals surface area contributed by atoms with Crippen molar-refractivity contribution >= 4 is 39.1 Å². The lowest BCUT2D eigenvalue weighted by Crippen LogP contribution is -2.43. The fourth-order valence-electron chi connectivity index (χ4n) is 5.96. The van der Waals surface area contributed by atoms with Gasteiger partial charge in [0.05, 0.1) is 47.4 Å². The van der Waals surface area contributed by atoms with Crippen molar-refractivity contribution in [2.45, 2.75) is 70.2 Å². The van der Waals surface area contributed by atoms with E-state index in [1.807, 2.05) is 30.3 Å². The molecule has 47 heavy (non-hydrogen) atoms. The summed E-state index contributed by atoms with van der Waals surface area (Å²) in [4.78, 5) is 13.6. The van der Waals surface area contributed by atoms with Gasteiger partial charge in [-0.1, -0.05) is 23.7 Å². The maximum absolute atomic E-state index is 11.5. The van der Waals surface area contributed by atoms with Crippen LogP contribution in [0, 0.1) is 16.7 Å². The Hall–Kier alpha value is -3.54. The molecule has 1 aliphatic carbocycles. The summed E-state index contributed by atoms with van der Waals surface area (Å²) >= 11 is 6.58. The van der Waals surface area contributed by atoms with Crippen LogP contribution in [0.1, 0.15) is 51.1 Å². The zero-order valence-corrected chi connectivity index (χ0v) is 28.4. The largest absolute Gasteiger partial charge is 0.381 e. The highest BCUT2D eigenvalue weighted by Gasteiger charge is 2.32. The third-order valence-electron chi connectivity index (χ3n) is 8.49. The van der Waals surface area contributed by atoms with Crippen LogP contribution in [0.5, 0.6) is 0 Å². The Balaban J connectivity index is 1.07. The van der Waals surface area contributed by atoms with Crippen molar-refractivity contribution in [3.8, 4) is 17.3 Å². The molecule has 2 fully saturated rings. The molecule has 0 spiro atoms. The predicted octanol–water partition coefficient (Wildman–Crippen LogP) is 5.21. The summed E-state index contributed by atoms with van der Waals surface area (Å²) < 4.78 is 36.6. The molecule has 5 rings (SSSR count). The van der Waals surface area contributed by atoms with Gasteiger partial charge in [-0.15, -0.1) is 0 Å². The second-order valence-electron chi connectivity index (χ2n) is 12.5. The first-order valence-corrected chi connectivity index (χ1v) is 18.3. The van der Waals surface area contributed by atoms with Crippen LogP contribution in [0.4, 0.5) is 17.5 Å². The summed E-state index contributed by atoms with van der Waals surface area (Å²) in [7, 11) is -3.38. The van der Waals surface area contributed by atoms with Crippen LogP contribution < -0.4 is 20.7 Å². The highest BCUT2D eigenvalue weighted by atomic mass is 35.5. The lowest BCUT2D eigenvalue weighted by atomic mass is 9.82. The second kappa shape index (κ2) is 16.0. The van der Waals surface area contributed by atoms with E-state index in [9.17, 15) is 13.7 Å². The highest BCUT2D eigenvalue weighted by Crippen LogP contribution is 2.32. The van der Waals surface area contributed by atoms with Gasteiger partial charge in [0.15, 0.2) is 0 Å². The number of rotatable bonds is 14. The fraction of sp³-hybridized carbons (Fsp3) is 0.515. The normalized spacial score (nSPS) is 20.1. The number of aromatic nitrogens is 3. The van der Waals surface area contributed by atoms with Gasteiger partial charge in [0.25, 0.3) is 0 Å². The number of halogens is 1. The number of hydrogen-bond donors (Lipinski definition) is 4. The number of anilines is 3. The molecule has 4 N–H and O–H groups in total. The molecule has 0 aromatic carbocycles. The van der Waals surface area contributed by atoms with Gasteiger partial charge in [0.1, 0.15) is 17.5 Å². The smallest absolute Gasteiger partial charge is 0.230 e. The minimum Gasteiger partial charge on any atom is -0.381 e. The molecule has 1 atom stereocenters. The molecule has 0 amide bonds. The SMILES string of the molecule is C[C@H](COCc1cccc(NS(C)(=O)=O)n1)NC1CCC(Nc2cc(-c3cccc(NCC4(C#N)CCOCC4)n3)c(Cl)cn2)CC1. The van der Waals surface area contributed by atoms with E-state index in [2.05, 4.69) is 43.6 Å². The number of nitrogens with one attached hydrogen (secondary N) is 4. The average molecular weight is 683 g/mol. The lowest BCUT2D eigenvalue weighted by molar-refractivity contribution is 0.0455. The molecule has 3 aromatic rings. The van der Waals surface area contributed by atoms with Crippen molar-refractivity contribution in [1.29, 1.82) is 5.26 Å². The Morgan fingerprint density at radius 3 is 2.53 bits per heavy atom. The van der Waals surface area contributed by atoms with Gasteiger partial charge < -0.3 is 25.4 Å². The third-order valence-corrected chi connectivity index (χ3v) is 9.37. The third kappa shape index (κ3) is 10.5. The van der Waals surface area contributed by atoms with Gasteiger partial charge in [-0.2, -0.15) is 5.26 Å². The van der Waals surface area contributed by atoms with Crippen LogP contribution in [0.2, 0.25) is 5.02 Å². The Bertz CT molecular complexity index is 1640. The van der Waals surface area contributed by atoms with Gasteiger partial charge in [-0.25, -0.2) is 23.4 Å². The standard InChI is InChI=1S/C33H43ClN8O4S/c1-23(19-46-20-26-5-3-8-31(40-26)42-47(2,43)44)38-24-9-11-25(12-10-24)39-32-17-27(28(34)18-36-32)29-6-4-7-30(41-29)37-22-33(21-35)13-15-45-16-14-33/h3-8,17-18,23-25,38H,9-16,19-20,22H2,1-2H3,(H,36,39)(H,37,41)(H,40,42)/t23-,24?,25?/m1/s1. The van der Waals surface area contributed by atoms with Gasteiger partial charge in [-0.05, 0) is 75.8 Å². The van der Waals surface area contributed by atoms with E-state index < -0.39 is 15.4 Å². The zero-order valence-electron chi connectivity index (χ0n) is 26.8. The molecule has 4 heterocycles. The molecule has 0 radical (unpaired) electrons. The van der Waals surface area contributed by atoms with Gasteiger partial charge >= 0.3 is 0 Å². The van der Waals surface area contributed by atoms with E-state index in [1.54, 1.807) is 18.3 Å². The summed E-state index contributed by atoms with van der Waals surface area (Å²) in [6, 6.07) is 16.2. The maximum Gasteiger partial charge on any atom is 0.230 e. The summed E-state index contributed by atoms with van der Waals surface area (Å²) in [5.74, 6) is 1.74. The molecule has 252 valence electrons. The van der Waals surface area contributed by atoms with Crippen molar-refractivity contribution in [3.05, 3.63) is 59.4 Å². The monoisotopic (exact) mass is 682 g/mol.